The van der Waals surface area contributed by atoms with Crippen LogP contribution in [0.5, 0.6) is 17.2 Å². The number of aryl methyl sites for hydroxylation is 1. The zero-order valence-corrected chi connectivity index (χ0v) is 15.1. The molecule has 0 aliphatic carbocycles. The Kier molecular flexibility index (Phi) is 4.30. The molecule has 1 amide bonds. The SMILES string of the molecule is COc1cc2c(cc1/C=C1/SC(=Nc3ccc(C)cc3)NC1=O)OCO2. The van der Waals surface area contributed by atoms with Crippen molar-refractivity contribution in [3.8, 4) is 17.2 Å². The maximum atomic E-state index is 12.3. The Labute approximate surface area is 154 Å². The molecular weight excluding hydrogens is 352 g/mol. The molecular formula is C19H16N2O4S. The van der Waals surface area contributed by atoms with Gasteiger partial charge in [-0.1, -0.05) is 17.7 Å². The van der Waals surface area contributed by atoms with Crippen molar-refractivity contribution in [3.63, 3.8) is 0 Å². The Bertz CT molecular complexity index is 935. The molecule has 26 heavy (non-hydrogen) atoms. The first-order chi connectivity index (χ1) is 12.6. The van der Waals surface area contributed by atoms with E-state index in [1.807, 2.05) is 31.2 Å². The van der Waals surface area contributed by atoms with E-state index in [9.17, 15) is 4.79 Å². The number of amidine groups is 1. The number of hydrogen-bond donors (Lipinski definition) is 1. The van der Waals surface area contributed by atoms with Gasteiger partial charge >= 0.3 is 0 Å². The second-order valence-electron chi connectivity index (χ2n) is 5.76. The van der Waals surface area contributed by atoms with Gasteiger partial charge in [0.25, 0.3) is 5.91 Å². The van der Waals surface area contributed by atoms with Crippen molar-refractivity contribution in [3.05, 3.63) is 52.4 Å². The Morgan fingerprint density at radius 3 is 2.65 bits per heavy atom. The van der Waals surface area contributed by atoms with Gasteiger partial charge in [0.1, 0.15) is 5.75 Å². The summed E-state index contributed by atoms with van der Waals surface area (Å²) in [5.41, 5.74) is 2.69. The third-order valence-corrected chi connectivity index (χ3v) is 4.84. The summed E-state index contributed by atoms with van der Waals surface area (Å²) in [5, 5.41) is 3.33. The van der Waals surface area contributed by atoms with E-state index in [1.54, 1.807) is 25.3 Å². The standard InChI is InChI=1S/C19H16N2O4S/c1-11-3-5-13(6-4-11)20-19-21-18(22)17(26-19)8-12-7-15-16(25-10-24-15)9-14(12)23-2/h3-9H,10H2,1-2H3,(H,20,21,22)/b17-8+. The maximum Gasteiger partial charge on any atom is 0.264 e. The highest BCUT2D eigenvalue weighted by Crippen LogP contribution is 2.40. The first-order valence-electron chi connectivity index (χ1n) is 7.96. The topological polar surface area (TPSA) is 69.2 Å². The lowest BCUT2D eigenvalue weighted by Gasteiger charge is -2.06. The van der Waals surface area contributed by atoms with Gasteiger partial charge in [-0.3, -0.25) is 4.79 Å². The van der Waals surface area contributed by atoms with Crippen LogP contribution in [0.2, 0.25) is 0 Å². The third-order valence-electron chi connectivity index (χ3n) is 3.93. The minimum atomic E-state index is -0.194. The second-order valence-corrected chi connectivity index (χ2v) is 6.80. The number of hydrogen-bond acceptors (Lipinski definition) is 6. The Balaban J connectivity index is 1.62. The van der Waals surface area contributed by atoms with Crippen LogP contribution in [0.1, 0.15) is 11.1 Å². The first kappa shape index (κ1) is 16.5. The molecule has 2 aliphatic heterocycles. The van der Waals surface area contributed by atoms with Gasteiger partial charge in [-0.15, -0.1) is 0 Å². The van der Waals surface area contributed by atoms with Crippen molar-refractivity contribution in [1.29, 1.82) is 0 Å². The Hall–Kier alpha value is -2.93. The predicted octanol–water partition coefficient (Wildman–Crippen LogP) is 3.62. The molecule has 0 radical (unpaired) electrons. The zero-order valence-electron chi connectivity index (χ0n) is 14.2. The average Bonchev–Trinajstić information content (AvgIpc) is 3.22. The number of fused-ring (bicyclic) bond motifs is 1. The quantitative estimate of drug-likeness (QED) is 0.838. The summed E-state index contributed by atoms with van der Waals surface area (Å²) < 4.78 is 16.2. The number of methoxy groups -OCH3 is 1. The van der Waals surface area contributed by atoms with Crippen molar-refractivity contribution in [2.45, 2.75) is 6.92 Å². The van der Waals surface area contributed by atoms with Gasteiger partial charge in [-0.05, 0) is 43.0 Å². The number of rotatable bonds is 3. The molecule has 0 atom stereocenters. The number of nitrogens with zero attached hydrogens (tertiary/aromatic N) is 1. The highest BCUT2D eigenvalue weighted by molar-refractivity contribution is 8.18. The molecule has 132 valence electrons. The fourth-order valence-electron chi connectivity index (χ4n) is 2.59. The van der Waals surface area contributed by atoms with E-state index in [2.05, 4.69) is 10.3 Å². The van der Waals surface area contributed by atoms with Crippen LogP contribution in [0.15, 0.2) is 46.3 Å². The molecule has 7 heteroatoms. The van der Waals surface area contributed by atoms with Crippen molar-refractivity contribution in [1.82, 2.24) is 5.32 Å². The van der Waals surface area contributed by atoms with Crippen LogP contribution in [0.3, 0.4) is 0 Å². The van der Waals surface area contributed by atoms with E-state index >= 15 is 0 Å². The lowest BCUT2D eigenvalue weighted by molar-refractivity contribution is -0.115. The smallest absolute Gasteiger partial charge is 0.264 e. The number of carbonyl (C=O) groups excluding carboxylic acids is 1. The van der Waals surface area contributed by atoms with Gasteiger partial charge < -0.3 is 19.5 Å². The number of aliphatic imine (C=N–C) groups is 1. The highest BCUT2D eigenvalue weighted by Gasteiger charge is 2.25. The summed E-state index contributed by atoms with van der Waals surface area (Å²) in [6.07, 6.45) is 1.76. The van der Waals surface area contributed by atoms with Crippen LogP contribution in [0.4, 0.5) is 5.69 Å². The lowest BCUT2D eigenvalue weighted by Crippen LogP contribution is -2.19. The number of nitrogens with one attached hydrogen (secondary N) is 1. The number of benzene rings is 2. The van der Waals surface area contributed by atoms with E-state index in [0.29, 0.717) is 27.3 Å². The minimum Gasteiger partial charge on any atom is -0.496 e. The first-order valence-corrected chi connectivity index (χ1v) is 8.78. The molecule has 0 unspecified atom stereocenters. The summed E-state index contributed by atoms with van der Waals surface area (Å²) in [5.74, 6) is 1.68. The van der Waals surface area contributed by atoms with Gasteiger partial charge in [0.15, 0.2) is 16.7 Å². The molecule has 0 bridgehead atoms. The lowest BCUT2D eigenvalue weighted by atomic mass is 10.1. The molecule has 2 aromatic rings. The van der Waals surface area contributed by atoms with Gasteiger partial charge in [-0.2, -0.15) is 0 Å². The molecule has 2 aromatic carbocycles. The van der Waals surface area contributed by atoms with Crippen molar-refractivity contribution >= 4 is 34.6 Å². The van der Waals surface area contributed by atoms with E-state index < -0.39 is 0 Å². The second kappa shape index (κ2) is 6.76. The van der Waals surface area contributed by atoms with E-state index in [4.69, 9.17) is 14.2 Å². The molecule has 0 spiro atoms. The molecule has 1 fully saturated rings. The van der Waals surface area contributed by atoms with E-state index in [1.165, 1.54) is 11.8 Å². The fraction of sp³-hybridized carbons (Fsp3) is 0.158. The van der Waals surface area contributed by atoms with Gasteiger partial charge in [0.2, 0.25) is 6.79 Å². The van der Waals surface area contributed by atoms with Crippen LogP contribution < -0.4 is 19.5 Å². The van der Waals surface area contributed by atoms with Gasteiger partial charge in [-0.25, -0.2) is 4.99 Å². The molecule has 0 aromatic heterocycles. The average molecular weight is 368 g/mol. The molecule has 1 N–H and O–H groups in total. The predicted molar refractivity (Wildman–Crippen MR) is 101 cm³/mol. The third kappa shape index (κ3) is 3.25. The van der Waals surface area contributed by atoms with Crippen molar-refractivity contribution < 1.29 is 19.0 Å². The molecule has 1 saturated heterocycles. The summed E-state index contributed by atoms with van der Waals surface area (Å²) >= 11 is 1.29. The normalized spacial score (nSPS) is 18.5. The van der Waals surface area contributed by atoms with Crippen LogP contribution in [0, 0.1) is 6.92 Å². The van der Waals surface area contributed by atoms with Crippen LogP contribution in [0.25, 0.3) is 6.08 Å². The number of thioether (sulfide) groups is 1. The van der Waals surface area contributed by atoms with Gasteiger partial charge in [0.05, 0.1) is 17.7 Å². The molecule has 2 aliphatic rings. The van der Waals surface area contributed by atoms with Gasteiger partial charge in [0, 0.05) is 11.6 Å². The summed E-state index contributed by atoms with van der Waals surface area (Å²) in [7, 11) is 1.58. The van der Waals surface area contributed by atoms with Crippen molar-refractivity contribution in [2.75, 3.05) is 13.9 Å². The molecule has 6 nitrogen and oxygen atoms in total. The molecule has 4 rings (SSSR count). The molecule has 0 saturated carbocycles. The summed E-state index contributed by atoms with van der Waals surface area (Å²) in [6, 6.07) is 11.4. The van der Waals surface area contributed by atoms with E-state index in [0.717, 1.165) is 16.8 Å². The highest BCUT2D eigenvalue weighted by atomic mass is 32.2. The largest absolute Gasteiger partial charge is 0.496 e. The number of carbonyl (C=O) groups is 1. The van der Waals surface area contributed by atoms with Crippen LogP contribution in [-0.4, -0.2) is 25.0 Å². The maximum absolute atomic E-state index is 12.3. The Morgan fingerprint density at radius 1 is 1.19 bits per heavy atom. The fourth-order valence-corrected chi connectivity index (χ4v) is 3.42. The Morgan fingerprint density at radius 2 is 1.92 bits per heavy atom. The zero-order chi connectivity index (χ0) is 18.1. The van der Waals surface area contributed by atoms with Crippen LogP contribution >= 0.6 is 11.8 Å². The monoisotopic (exact) mass is 368 g/mol. The summed E-state index contributed by atoms with van der Waals surface area (Å²) in [4.78, 5) is 17.3. The van der Waals surface area contributed by atoms with Crippen molar-refractivity contribution in [2.24, 2.45) is 4.99 Å². The minimum absolute atomic E-state index is 0.182. The number of amides is 1. The molecule has 2 heterocycles. The number of ether oxygens (including phenoxy) is 3. The van der Waals surface area contributed by atoms with E-state index in [-0.39, 0.29) is 12.7 Å². The van der Waals surface area contributed by atoms with Crippen LogP contribution in [-0.2, 0) is 4.79 Å². The summed E-state index contributed by atoms with van der Waals surface area (Å²) in [6.45, 7) is 2.20.